The summed E-state index contributed by atoms with van der Waals surface area (Å²) < 4.78 is 5.95. The highest BCUT2D eigenvalue weighted by molar-refractivity contribution is 6.02. The molecule has 7 amide bonds. The van der Waals surface area contributed by atoms with Gasteiger partial charge in [0.15, 0.2) is 6.61 Å². The maximum atomic E-state index is 14.8. The van der Waals surface area contributed by atoms with Crippen molar-refractivity contribution in [3.05, 3.63) is 173 Å². The summed E-state index contributed by atoms with van der Waals surface area (Å²) in [4.78, 5) is 113. The molecule has 5 aromatic carbocycles. The average molecular weight is 1040 g/mol. The molecular weight excluding hydrogens is 979 g/mol. The maximum Gasteiger partial charge on any atom is 0.322 e. The van der Waals surface area contributed by atoms with E-state index in [4.69, 9.17) is 4.74 Å². The van der Waals surface area contributed by atoms with Gasteiger partial charge in [-0.15, -0.1) is 0 Å². The number of amides is 7. The first-order valence-electron chi connectivity index (χ1n) is 26.6. The lowest BCUT2D eigenvalue weighted by atomic mass is 9.94. The number of likely N-dealkylation sites (tertiary alicyclic amines) is 2. The number of ether oxygens (including phenoxy) is 1. The molecular formula is C60H61N7O10. The Balaban J connectivity index is 0.825. The Morgan fingerprint density at radius 1 is 0.455 bits per heavy atom. The Labute approximate surface area is 445 Å². The molecule has 396 valence electrons. The van der Waals surface area contributed by atoms with Crippen LogP contribution in [0.5, 0.6) is 5.75 Å². The number of nitrogens with one attached hydrogen (secondary N) is 5. The van der Waals surface area contributed by atoms with E-state index >= 15 is 0 Å². The van der Waals surface area contributed by atoms with Crippen LogP contribution in [0.3, 0.4) is 0 Å². The molecule has 6 aliphatic rings. The minimum atomic E-state index is -1.28. The van der Waals surface area contributed by atoms with Crippen LogP contribution in [0.25, 0.3) is 0 Å². The van der Waals surface area contributed by atoms with Crippen molar-refractivity contribution in [2.24, 2.45) is 23.7 Å². The topological polar surface area (TPSA) is 233 Å². The summed E-state index contributed by atoms with van der Waals surface area (Å²) >= 11 is 0. The van der Waals surface area contributed by atoms with Crippen LogP contribution >= 0.6 is 0 Å². The van der Waals surface area contributed by atoms with E-state index < -0.39 is 60.5 Å². The summed E-state index contributed by atoms with van der Waals surface area (Å²) in [5, 5.41) is 24.0. The quantitative estimate of drug-likeness (QED) is 0.0686. The Bertz CT molecular complexity index is 2920. The van der Waals surface area contributed by atoms with E-state index in [2.05, 4.69) is 26.6 Å². The van der Waals surface area contributed by atoms with Crippen LogP contribution in [0.2, 0.25) is 0 Å². The number of benzene rings is 5. The second-order valence-corrected chi connectivity index (χ2v) is 21.5. The lowest BCUT2D eigenvalue weighted by Crippen LogP contribution is -2.43. The van der Waals surface area contributed by atoms with E-state index in [-0.39, 0.29) is 115 Å². The first-order valence-corrected chi connectivity index (χ1v) is 26.6. The van der Waals surface area contributed by atoms with Crippen LogP contribution in [-0.4, -0.2) is 126 Å². The van der Waals surface area contributed by atoms with E-state index in [0.29, 0.717) is 0 Å². The molecule has 6 N–H and O–H groups in total. The van der Waals surface area contributed by atoms with Crippen molar-refractivity contribution < 1.29 is 48.2 Å². The standard InChI is InChI=1S/C60H61N7O10/c68-53(61-28-54(69)70)33-77-52-23-38(59(75)66-29-44(55(71)62-48-24-40(48)34-13-5-1-6-14-34)45(30-66)56(72)63-49-25-41(49)35-15-7-2-8-16-35)21-22-39(52)60(76)67-31-46(57(73)64-50-26-42(50)36-17-9-3-10-18-36)47(32-67)58(74)65-51-27-43(51)37-19-11-4-12-20-37/h1-23,40-51H,24-33H2,(H,61,68)(H,62,71)(H,63,72)(H,64,73)(H,65,74)(H,69,70)/t40-,41-,42-,43-,44-,45-,46-,47-,48+,49+,50+,51?/m1/s1. The second-order valence-electron chi connectivity index (χ2n) is 21.5. The van der Waals surface area contributed by atoms with Crippen molar-refractivity contribution in [2.45, 2.75) is 73.5 Å². The molecule has 2 saturated heterocycles. The van der Waals surface area contributed by atoms with Crippen molar-refractivity contribution in [3.8, 4) is 5.75 Å². The van der Waals surface area contributed by atoms with Gasteiger partial charge in [0.2, 0.25) is 23.6 Å². The second kappa shape index (κ2) is 21.7. The van der Waals surface area contributed by atoms with Gasteiger partial charge in [-0.05, 0) is 66.1 Å². The fourth-order valence-corrected chi connectivity index (χ4v) is 11.5. The Morgan fingerprint density at radius 2 is 0.792 bits per heavy atom. The number of carboxylic acid groups (broad SMARTS) is 1. The molecule has 4 aliphatic carbocycles. The monoisotopic (exact) mass is 1040 g/mol. The van der Waals surface area contributed by atoms with Gasteiger partial charge in [-0.1, -0.05) is 121 Å². The van der Waals surface area contributed by atoms with Crippen molar-refractivity contribution in [3.63, 3.8) is 0 Å². The third-order valence-corrected chi connectivity index (χ3v) is 16.2. The van der Waals surface area contributed by atoms with Gasteiger partial charge < -0.3 is 46.2 Å². The van der Waals surface area contributed by atoms with Gasteiger partial charge in [0.25, 0.3) is 17.7 Å². The first-order chi connectivity index (χ1) is 37.4. The average Bonchev–Trinajstić information content (AvgIpc) is 4.42. The highest BCUT2D eigenvalue weighted by atomic mass is 16.5. The summed E-state index contributed by atoms with van der Waals surface area (Å²) in [7, 11) is 0. The summed E-state index contributed by atoms with van der Waals surface area (Å²) in [5.41, 5.74) is 4.36. The van der Waals surface area contributed by atoms with Crippen LogP contribution in [0.1, 0.15) is 92.3 Å². The van der Waals surface area contributed by atoms with Crippen LogP contribution in [-0.2, 0) is 28.8 Å². The smallest absolute Gasteiger partial charge is 0.322 e. The zero-order valence-corrected chi connectivity index (χ0v) is 42.3. The minimum absolute atomic E-state index is 0.0334. The summed E-state index contributed by atoms with van der Waals surface area (Å²) in [6.07, 6.45) is 2.96. The molecule has 5 aromatic rings. The third kappa shape index (κ3) is 11.6. The number of aliphatic carboxylic acids is 1. The predicted octanol–water partition coefficient (Wildman–Crippen LogP) is 4.33. The van der Waals surface area contributed by atoms with Crippen LogP contribution in [0.15, 0.2) is 140 Å². The Morgan fingerprint density at radius 3 is 1.13 bits per heavy atom. The molecule has 0 spiro atoms. The molecule has 4 saturated carbocycles. The first kappa shape index (κ1) is 50.8. The van der Waals surface area contributed by atoms with Gasteiger partial charge in [-0.3, -0.25) is 38.4 Å². The molecule has 11 rings (SSSR count). The van der Waals surface area contributed by atoms with Gasteiger partial charge in [0.1, 0.15) is 12.3 Å². The van der Waals surface area contributed by atoms with E-state index in [9.17, 15) is 43.5 Å². The van der Waals surface area contributed by atoms with Crippen molar-refractivity contribution >= 4 is 47.3 Å². The fraction of sp³-hybridized carbons (Fsp3) is 0.367. The lowest BCUT2D eigenvalue weighted by Gasteiger charge is -2.21. The Hall–Kier alpha value is -8.34. The normalized spacial score (nSPS) is 27.3. The molecule has 17 nitrogen and oxygen atoms in total. The molecule has 0 radical (unpaired) electrons. The maximum absolute atomic E-state index is 14.8. The number of hydrogen-bond acceptors (Lipinski definition) is 9. The fourth-order valence-electron chi connectivity index (χ4n) is 11.5. The van der Waals surface area contributed by atoms with Gasteiger partial charge in [0, 0.05) is 79.6 Å². The van der Waals surface area contributed by atoms with Crippen LogP contribution in [0, 0.1) is 23.7 Å². The van der Waals surface area contributed by atoms with E-state index in [1.165, 1.54) is 28.0 Å². The molecule has 77 heavy (non-hydrogen) atoms. The van der Waals surface area contributed by atoms with E-state index in [0.717, 1.165) is 47.9 Å². The number of carbonyl (C=O) groups excluding carboxylic acids is 7. The molecule has 2 aliphatic heterocycles. The van der Waals surface area contributed by atoms with Gasteiger partial charge in [0.05, 0.1) is 29.2 Å². The largest absolute Gasteiger partial charge is 0.483 e. The molecule has 2 heterocycles. The zero-order valence-electron chi connectivity index (χ0n) is 42.3. The number of rotatable bonds is 19. The highest BCUT2D eigenvalue weighted by Gasteiger charge is 2.51. The van der Waals surface area contributed by atoms with Gasteiger partial charge in [-0.2, -0.15) is 0 Å². The van der Waals surface area contributed by atoms with Crippen molar-refractivity contribution in [1.82, 2.24) is 36.4 Å². The van der Waals surface area contributed by atoms with Crippen LogP contribution < -0.4 is 31.3 Å². The molecule has 6 fully saturated rings. The summed E-state index contributed by atoms with van der Waals surface area (Å²) in [5.74, 6) is -7.88. The number of carboxylic acids is 1. The molecule has 0 aromatic heterocycles. The summed E-state index contributed by atoms with van der Waals surface area (Å²) in [6, 6.07) is 43.0. The van der Waals surface area contributed by atoms with Gasteiger partial charge >= 0.3 is 5.97 Å². The molecule has 1 unspecified atom stereocenters. The van der Waals surface area contributed by atoms with E-state index in [1.54, 1.807) is 0 Å². The molecule has 12 atom stereocenters. The zero-order chi connectivity index (χ0) is 53.3. The summed E-state index contributed by atoms with van der Waals surface area (Å²) in [6.45, 7) is -1.79. The molecule has 17 heteroatoms. The van der Waals surface area contributed by atoms with Gasteiger partial charge in [-0.25, -0.2) is 0 Å². The van der Waals surface area contributed by atoms with Crippen molar-refractivity contribution in [2.75, 3.05) is 39.3 Å². The SMILES string of the molecule is O=C(O)CNC(=O)COc1cc(C(=O)N2C[C@@H](C(=O)N[C@H]3C[C@@H]3c3ccccc3)[C@H](C(=O)N[C@H]3C[C@@H]3c3ccccc3)C2)ccc1C(=O)N1C[C@@H](C(=O)NC2C[C@@H]2c2ccccc2)[C@H](C(=O)N[C@H]2C[C@@H]2c2ccccc2)C1. The molecule has 0 bridgehead atoms. The Kier molecular flexibility index (Phi) is 14.3. The number of carbonyl (C=O) groups is 8. The lowest BCUT2D eigenvalue weighted by molar-refractivity contribution is -0.138. The highest BCUT2D eigenvalue weighted by Crippen LogP contribution is 2.45. The third-order valence-electron chi connectivity index (χ3n) is 16.2. The number of hydrogen-bond donors (Lipinski definition) is 6. The van der Waals surface area contributed by atoms with Crippen LogP contribution in [0.4, 0.5) is 0 Å². The van der Waals surface area contributed by atoms with E-state index in [1.807, 2.05) is 121 Å². The van der Waals surface area contributed by atoms with Crippen molar-refractivity contribution in [1.29, 1.82) is 0 Å². The minimum Gasteiger partial charge on any atom is -0.483 e. The number of nitrogens with zero attached hydrogens (tertiary/aromatic N) is 2. The predicted molar refractivity (Wildman–Crippen MR) is 281 cm³/mol.